The monoisotopic (exact) mass is 275 g/mol. The van der Waals surface area contributed by atoms with E-state index in [1.165, 1.54) is 0 Å². The van der Waals surface area contributed by atoms with Gasteiger partial charge in [-0.3, -0.25) is 9.78 Å². The third kappa shape index (κ3) is 3.23. The third-order valence-corrected chi connectivity index (χ3v) is 3.07. The first-order chi connectivity index (χ1) is 9.08. The third-order valence-electron chi connectivity index (χ3n) is 2.74. The lowest BCUT2D eigenvalue weighted by molar-refractivity contribution is 0.0939. The molecule has 1 aromatic heterocycles. The molecule has 0 saturated carbocycles. The molecule has 0 fully saturated rings. The van der Waals surface area contributed by atoms with Crippen molar-refractivity contribution in [2.75, 3.05) is 5.73 Å². The van der Waals surface area contributed by atoms with Crippen molar-refractivity contribution in [1.29, 1.82) is 0 Å². The lowest BCUT2D eigenvalue weighted by Crippen LogP contribution is -2.27. The van der Waals surface area contributed by atoms with Gasteiger partial charge < -0.3 is 11.1 Å². The van der Waals surface area contributed by atoms with E-state index in [4.69, 9.17) is 17.3 Å². The zero-order chi connectivity index (χ0) is 13.8. The number of nitrogens with zero attached hydrogens (tertiary/aromatic N) is 1. The van der Waals surface area contributed by atoms with Gasteiger partial charge in [-0.1, -0.05) is 17.7 Å². The molecule has 1 aromatic carbocycles. The van der Waals surface area contributed by atoms with Crippen LogP contribution in [-0.4, -0.2) is 10.9 Å². The first kappa shape index (κ1) is 13.4. The fourth-order valence-electron chi connectivity index (χ4n) is 1.65. The van der Waals surface area contributed by atoms with E-state index in [1.807, 2.05) is 25.1 Å². The van der Waals surface area contributed by atoms with Crippen LogP contribution in [0.3, 0.4) is 0 Å². The van der Waals surface area contributed by atoms with Crippen molar-refractivity contribution in [1.82, 2.24) is 10.3 Å². The quantitative estimate of drug-likeness (QED) is 0.847. The number of halogens is 1. The number of aromatic nitrogens is 1. The normalized spacial score (nSPS) is 11.9. The average molecular weight is 276 g/mol. The topological polar surface area (TPSA) is 68.0 Å². The highest BCUT2D eigenvalue weighted by Gasteiger charge is 2.12. The number of carbonyl (C=O) groups is 1. The van der Waals surface area contributed by atoms with Crippen molar-refractivity contribution in [2.45, 2.75) is 13.0 Å². The lowest BCUT2D eigenvalue weighted by Gasteiger charge is -2.13. The maximum Gasteiger partial charge on any atom is 0.251 e. The zero-order valence-electron chi connectivity index (χ0n) is 10.4. The summed E-state index contributed by atoms with van der Waals surface area (Å²) in [6.07, 6.45) is 1.69. The van der Waals surface area contributed by atoms with Crippen LogP contribution in [0, 0.1) is 0 Å². The number of nitrogens with two attached hydrogens (primary N) is 1. The van der Waals surface area contributed by atoms with E-state index in [0.29, 0.717) is 16.3 Å². The summed E-state index contributed by atoms with van der Waals surface area (Å²) < 4.78 is 0. The highest BCUT2D eigenvalue weighted by Crippen LogP contribution is 2.20. The standard InChI is InChI=1S/C14H14ClN3O/c1-9(13-4-2-3-7-17-13)18-14(19)10-5-6-12(16)11(15)8-10/h2-9H,16H2,1H3,(H,18,19)/t9-/m0/s1. The second kappa shape index (κ2) is 5.71. The Labute approximate surface area is 116 Å². The average Bonchev–Trinajstić information content (AvgIpc) is 2.42. The van der Waals surface area contributed by atoms with Crippen LogP contribution in [0.2, 0.25) is 5.02 Å². The van der Waals surface area contributed by atoms with Crippen molar-refractivity contribution < 1.29 is 4.79 Å². The number of amides is 1. The maximum atomic E-state index is 12.1. The predicted octanol–water partition coefficient (Wildman–Crippen LogP) is 2.81. The molecular formula is C14H14ClN3O. The van der Waals surface area contributed by atoms with Gasteiger partial charge >= 0.3 is 0 Å². The number of carbonyl (C=O) groups excluding carboxylic acids is 1. The molecule has 2 aromatic rings. The molecule has 1 atom stereocenters. The second-order valence-corrected chi connectivity index (χ2v) is 4.59. The van der Waals surface area contributed by atoms with E-state index >= 15 is 0 Å². The molecule has 2 rings (SSSR count). The fraction of sp³-hybridized carbons (Fsp3) is 0.143. The van der Waals surface area contributed by atoms with E-state index in [1.54, 1.807) is 24.4 Å². The molecule has 0 radical (unpaired) electrons. The second-order valence-electron chi connectivity index (χ2n) is 4.19. The fourth-order valence-corrected chi connectivity index (χ4v) is 1.83. The largest absolute Gasteiger partial charge is 0.398 e. The van der Waals surface area contributed by atoms with Gasteiger partial charge in [-0.15, -0.1) is 0 Å². The Morgan fingerprint density at radius 1 is 1.37 bits per heavy atom. The number of nitrogen functional groups attached to an aromatic ring is 1. The Balaban J connectivity index is 2.11. The number of benzene rings is 1. The number of hydrogen-bond donors (Lipinski definition) is 2. The molecule has 0 aliphatic rings. The molecule has 0 bridgehead atoms. The number of nitrogens with one attached hydrogen (secondary N) is 1. The van der Waals surface area contributed by atoms with E-state index in [0.717, 1.165) is 5.69 Å². The molecule has 3 N–H and O–H groups in total. The van der Waals surface area contributed by atoms with Gasteiger partial charge in [0, 0.05) is 11.8 Å². The molecule has 19 heavy (non-hydrogen) atoms. The summed E-state index contributed by atoms with van der Waals surface area (Å²) in [6.45, 7) is 1.87. The van der Waals surface area contributed by atoms with Gasteiger partial charge in [-0.05, 0) is 37.3 Å². The highest BCUT2D eigenvalue weighted by atomic mass is 35.5. The van der Waals surface area contributed by atoms with Crippen LogP contribution in [0.5, 0.6) is 0 Å². The Morgan fingerprint density at radius 3 is 2.79 bits per heavy atom. The first-order valence-electron chi connectivity index (χ1n) is 5.84. The van der Waals surface area contributed by atoms with Gasteiger partial charge in [-0.2, -0.15) is 0 Å². The van der Waals surface area contributed by atoms with Gasteiger partial charge in [0.2, 0.25) is 0 Å². The van der Waals surface area contributed by atoms with Crippen LogP contribution >= 0.6 is 11.6 Å². The van der Waals surface area contributed by atoms with Gasteiger partial charge in [0.05, 0.1) is 22.4 Å². The minimum Gasteiger partial charge on any atom is -0.398 e. The van der Waals surface area contributed by atoms with Crippen LogP contribution < -0.4 is 11.1 Å². The van der Waals surface area contributed by atoms with Gasteiger partial charge in [-0.25, -0.2) is 0 Å². The smallest absolute Gasteiger partial charge is 0.251 e. The molecule has 0 saturated heterocycles. The maximum absolute atomic E-state index is 12.1. The molecule has 98 valence electrons. The molecule has 0 aliphatic heterocycles. The molecule has 5 heteroatoms. The van der Waals surface area contributed by atoms with Crippen molar-refractivity contribution in [2.24, 2.45) is 0 Å². The summed E-state index contributed by atoms with van der Waals surface area (Å²) in [5.74, 6) is -0.208. The summed E-state index contributed by atoms with van der Waals surface area (Å²) >= 11 is 5.89. The van der Waals surface area contributed by atoms with Crippen molar-refractivity contribution in [3.05, 3.63) is 58.9 Å². The molecule has 4 nitrogen and oxygen atoms in total. The van der Waals surface area contributed by atoms with Crippen molar-refractivity contribution in [3.8, 4) is 0 Å². The minimum atomic E-state index is -0.208. The van der Waals surface area contributed by atoms with E-state index in [9.17, 15) is 4.79 Å². The zero-order valence-corrected chi connectivity index (χ0v) is 11.2. The number of anilines is 1. The Morgan fingerprint density at radius 2 is 2.16 bits per heavy atom. The van der Waals surface area contributed by atoms with Crippen LogP contribution in [0.15, 0.2) is 42.6 Å². The SMILES string of the molecule is C[C@H](NC(=O)c1ccc(N)c(Cl)c1)c1ccccn1. The summed E-state index contributed by atoms with van der Waals surface area (Å²) in [6, 6.07) is 10.2. The molecule has 0 unspecified atom stereocenters. The highest BCUT2D eigenvalue weighted by molar-refractivity contribution is 6.33. The van der Waals surface area contributed by atoms with Crippen LogP contribution in [0.4, 0.5) is 5.69 Å². The Hall–Kier alpha value is -2.07. The molecule has 1 heterocycles. The molecule has 0 aliphatic carbocycles. The van der Waals surface area contributed by atoms with Crippen LogP contribution in [-0.2, 0) is 0 Å². The predicted molar refractivity (Wildman–Crippen MR) is 76.0 cm³/mol. The van der Waals surface area contributed by atoms with Crippen molar-refractivity contribution >= 4 is 23.2 Å². The first-order valence-corrected chi connectivity index (χ1v) is 6.22. The van der Waals surface area contributed by atoms with E-state index in [2.05, 4.69) is 10.3 Å². The summed E-state index contributed by atoms with van der Waals surface area (Å²) in [4.78, 5) is 16.2. The Bertz CT molecular complexity index is 586. The number of rotatable bonds is 3. The van der Waals surface area contributed by atoms with Gasteiger partial charge in [0.1, 0.15) is 0 Å². The summed E-state index contributed by atoms with van der Waals surface area (Å²) in [5, 5.41) is 3.23. The number of hydrogen-bond acceptors (Lipinski definition) is 3. The lowest BCUT2D eigenvalue weighted by atomic mass is 10.1. The van der Waals surface area contributed by atoms with Gasteiger partial charge in [0.15, 0.2) is 0 Å². The summed E-state index contributed by atoms with van der Waals surface area (Å²) in [5.41, 5.74) is 7.34. The van der Waals surface area contributed by atoms with E-state index in [-0.39, 0.29) is 11.9 Å². The van der Waals surface area contributed by atoms with E-state index < -0.39 is 0 Å². The van der Waals surface area contributed by atoms with Crippen LogP contribution in [0.25, 0.3) is 0 Å². The molecule has 0 spiro atoms. The summed E-state index contributed by atoms with van der Waals surface area (Å²) in [7, 11) is 0. The van der Waals surface area contributed by atoms with Gasteiger partial charge in [0.25, 0.3) is 5.91 Å². The van der Waals surface area contributed by atoms with Crippen LogP contribution in [0.1, 0.15) is 29.0 Å². The minimum absolute atomic E-state index is 0.176. The Kier molecular flexibility index (Phi) is 4.02. The van der Waals surface area contributed by atoms with Crippen molar-refractivity contribution in [3.63, 3.8) is 0 Å². The molecule has 1 amide bonds. The number of pyridine rings is 1. The molecular weight excluding hydrogens is 262 g/mol.